The van der Waals surface area contributed by atoms with Crippen molar-refractivity contribution in [3.8, 4) is 5.75 Å². The molecule has 2 aromatic rings. The minimum absolute atomic E-state index is 0.0427. The van der Waals surface area contributed by atoms with E-state index in [0.29, 0.717) is 5.56 Å². The number of nitrogens with zero attached hydrogens (tertiary/aromatic N) is 1. The zero-order chi connectivity index (χ0) is 22.1. The number of anilines is 1. The van der Waals surface area contributed by atoms with Gasteiger partial charge in [-0.3, -0.25) is 4.79 Å². The summed E-state index contributed by atoms with van der Waals surface area (Å²) in [5.41, 5.74) is -1.70. The molecule has 0 amide bonds. The Morgan fingerprint density at radius 2 is 1.93 bits per heavy atom. The zero-order valence-corrected chi connectivity index (χ0v) is 16.9. The van der Waals surface area contributed by atoms with E-state index in [1.54, 1.807) is 0 Å². The molecule has 30 heavy (non-hydrogen) atoms. The number of β-amino-alcohol motifs (C(OH)–C–C–N with tert-alkyl or cyclic N) is 1. The molecule has 162 valence electrons. The normalized spacial score (nSPS) is 21.6. The van der Waals surface area contributed by atoms with E-state index in [0.717, 1.165) is 18.2 Å². The van der Waals surface area contributed by atoms with Gasteiger partial charge in [-0.2, -0.15) is 0 Å². The van der Waals surface area contributed by atoms with Crippen LogP contribution in [0.1, 0.15) is 18.9 Å². The van der Waals surface area contributed by atoms with Crippen LogP contribution in [-0.4, -0.2) is 47.4 Å². The lowest BCUT2D eigenvalue weighted by Gasteiger charge is -2.42. The van der Waals surface area contributed by atoms with Gasteiger partial charge in [0.25, 0.3) is 0 Å². The number of piperidine rings is 1. The lowest BCUT2D eigenvalue weighted by molar-refractivity contribution is -0.116. The lowest BCUT2D eigenvalue weighted by atomic mass is 9.89. The van der Waals surface area contributed by atoms with Gasteiger partial charge in [0.15, 0.2) is 11.6 Å². The highest BCUT2D eigenvalue weighted by Gasteiger charge is 2.42. The molecule has 1 fully saturated rings. The lowest BCUT2D eigenvalue weighted by Crippen LogP contribution is -2.58. The van der Waals surface area contributed by atoms with Crippen molar-refractivity contribution in [2.24, 2.45) is 0 Å². The second kappa shape index (κ2) is 8.83. The first-order valence-electron chi connectivity index (χ1n) is 9.29. The first-order valence-corrected chi connectivity index (χ1v) is 9.67. The minimum Gasteiger partial charge on any atom is -0.490 e. The molecule has 1 heterocycles. The van der Waals surface area contributed by atoms with Gasteiger partial charge in [-0.15, -0.1) is 0 Å². The second-order valence-electron chi connectivity index (χ2n) is 7.45. The molecule has 0 aliphatic carbocycles. The van der Waals surface area contributed by atoms with E-state index in [-0.39, 0.29) is 54.8 Å². The van der Waals surface area contributed by atoms with Crippen LogP contribution in [0.3, 0.4) is 0 Å². The molecule has 1 aliphatic rings. The standard InChI is InChI=1S/C21H21ClF3NO4/c1-12(27)6-13-7-15(23)2-3-18(13)30-11-21(29)4-5-26(10-19(21)28)20-16(24)8-14(22)9-17(20)25/h2-3,7-9,19,28-29H,4-6,10-11H2,1H3/t19-,21-/m1/s1. The van der Waals surface area contributed by atoms with E-state index in [4.69, 9.17) is 16.3 Å². The quantitative estimate of drug-likeness (QED) is 0.717. The summed E-state index contributed by atoms with van der Waals surface area (Å²) >= 11 is 5.64. The Morgan fingerprint density at radius 3 is 2.53 bits per heavy atom. The third kappa shape index (κ3) is 4.88. The first-order chi connectivity index (χ1) is 14.1. The van der Waals surface area contributed by atoms with Crippen molar-refractivity contribution in [3.63, 3.8) is 0 Å². The van der Waals surface area contributed by atoms with E-state index in [1.807, 2.05) is 0 Å². The maximum atomic E-state index is 14.2. The first kappa shape index (κ1) is 22.4. The largest absolute Gasteiger partial charge is 0.490 e. The number of ketones is 1. The van der Waals surface area contributed by atoms with Gasteiger partial charge in [0.1, 0.15) is 41.3 Å². The fourth-order valence-corrected chi connectivity index (χ4v) is 3.66. The number of benzene rings is 2. The summed E-state index contributed by atoms with van der Waals surface area (Å²) in [6, 6.07) is 5.62. The van der Waals surface area contributed by atoms with Crippen molar-refractivity contribution >= 4 is 23.1 Å². The van der Waals surface area contributed by atoms with Crippen LogP contribution in [0.2, 0.25) is 5.02 Å². The van der Waals surface area contributed by atoms with Gasteiger partial charge in [0.2, 0.25) is 0 Å². The predicted octanol–water partition coefficient (Wildman–Crippen LogP) is 3.27. The Morgan fingerprint density at radius 1 is 1.27 bits per heavy atom. The fourth-order valence-electron chi connectivity index (χ4n) is 3.47. The van der Waals surface area contributed by atoms with Gasteiger partial charge < -0.3 is 19.8 Å². The highest BCUT2D eigenvalue weighted by molar-refractivity contribution is 6.30. The molecule has 9 heteroatoms. The van der Waals surface area contributed by atoms with Crippen molar-refractivity contribution in [2.45, 2.75) is 31.5 Å². The number of carbonyl (C=O) groups is 1. The number of halogens is 4. The van der Waals surface area contributed by atoms with Crippen LogP contribution in [0.25, 0.3) is 0 Å². The molecule has 0 bridgehead atoms. The number of carbonyl (C=O) groups excluding carboxylic acids is 1. The number of aliphatic hydroxyl groups excluding tert-OH is 1. The van der Waals surface area contributed by atoms with Gasteiger partial charge in [0.05, 0.1) is 0 Å². The summed E-state index contributed by atoms with van der Waals surface area (Å²) in [7, 11) is 0. The van der Waals surface area contributed by atoms with Crippen LogP contribution in [0.15, 0.2) is 30.3 Å². The Kier molecular flexibility index (Phi) is 6.59. The molecule has 2 aromatic carbocycles. The van der Waals surface area contributed by atoms with E-state index >= 15 is 0 Å². The summed E-state index contributed by atoms with van der Waals surface area (Å²) in [6.45, 7) is 0.829. The van der Waals surface area contributed by atoms with Gasteiger partial charge in [-0.1, -0.05) is 11.6 Å². The van der Waals surface area contributed by atoms with Crippen LogP contribution in [0, 0.1) is 17.5 Å². The maximum absolute atomic E-state index is 14.2. The van der Waals surface area contributed by atoms with Gasteiger partial charge >= 0.3 is 0 Å². The molecule has 3 rings (SSSR count). The van der Waals surface area contributed by atoms with Crippen molar-refractivity contribution < 1.29 is 32.9 Å². The van der Waals surface area contributed by atoms with E-state index in [1.165, 1.54) is 24.0 Å². The van der Waals surface area contributed by atoms with Crippen LogP contribution in [0.4, 0.5) is 18.9 Å². The average Bonchev–Trinajstić information content (AvgIpc) is 2.63. The maximum Gasteiger partial charge on any atom is 0.151 e. The molecule has 2 atom stereocenters. The Bertz CT molecular complexity index is 935. The number of Topliss-reactive ketones (excluding diaryl/α,β-unsaturated/α-hetero) is 1. The fraction of sp³-hybridized carbons (Fsp3) is 0.381. The van der Waals surface area contributed by atoms with Crippen LogP contribution >= 0.6 is 11.6 Å². The van der Waals surface area contributed by atoms with Gasteiger partial charge in [-0.25, -0.2) is 13.2 Å². The Balaban J connectivity index is 1.72. The number of ether oxygens (including phenoxy) is 1. The molecule has 2 N–H and O–H groups in total. The zero-order valence-electron chi connectivity index (χ0n) is 16.2. The van der Waals surface area contributed by atoms with Crippen LogP contribution < -0.4 is 9.64 Å². The number of hydrogen-bond donors (Lipinski definition) is 2. The Labute approximate surface area is 176 Å². The molecule has 0 unspecified atom stereocenters. The molecule has 1 saturated heterocycles. The van der Waals surface area contributed by atoms with Crippen molar-refractivity contribution in [1.29, 1.82) is 0 Å². The smallest absolute Gasteiger partial charge is 0.151 e. The third-order valence-electron chi connectivity index (χ3n) is 5.07. The number of rotatable bonds is 6. The third-order valence-corrected chi connectivity index (χ3v) is 5.28. The summed E-state index contributed by atoms with van der Waals surface area (Å²) in [4.78, 5) is 12.7. The molecule has 5 nitrogen and oxygen atoms in total. The van der Waals surface area contributed by atoms with E-state index < -0.39 is 29.2 Å². The molecule has 1 aliphatic heterocycles. The van der Waals surface area contributed by atoms with Gasteiger partial charge in [-0.05, 0) is 43.7 Å². The highest BCUT2D eigenvalue weighted by Crippen LogP contribution is 2.33. The second-order valence-corrected chi connectivity index (χ2v) is 7.89. The van der Waals surface area contributed by atoms with Crippen molar-refractivity contribution in [3.05, 3.63) is 58.4 Å². The molecular formula is C21H21ClF3NO4. The van der Waals surface area contributed by atoms with Crippen molar-refractivity contribution in [2.75, 3.05) is 24.6 Å². The summed E-state index contributed by atoms with van der Waals surface area (Å²) in [5.74, 6) is -2.24. The monoisotopic (exact) mass is 443 g/mol. The molecule has 0 aromatic heterocycles. The van der Waals surface area contributed by atoms with Gasteiger partial charge in [0, 0.05) is 30.1 Å². The Hall–Kier alpha value is -2.29. The van der Waals surface area contributed by atoms with E-state index in [2.05, 4.69) is 0 Å². The van der Waals surface area contributed by atoms with Crippen LogP contribution in [0.5, 0.6) is 5.75 Å². The molecular weight excluding hydrogens is 423 g/mol. The summed E-state index contributed by atoms with van der Waals surface area (Å²) < 4.78 is 47.4. The summed E-state index contributed by atoms with van der Waals surface area (Å²) in [6.07, 6.45) is -1.46. The molecule has 0 radical (unpaired) electrons. The topological polar surface area (TPSA) is 70.0 Å². The number of hydrogen-bond acceptors (Lipinski definition) is 5. The highest BCUT2D eigenvalue weighted by atomic mass is 35.5. The minimum atomic E-state index is -1.70. The summed E-state index contributed by atoms with van der Waals surface area (Å²) in [5, 5.41) is 21.2. The predicted molar refractivity (Wildman–Crippen MR) is 105 cm³/mol. The number of aliphatic hydroxyl groups is 2. The van der Waals surface area contributed by atoms with Crippen LogP contribution in [-0.2, 0) is 11.2 Å². The van der Waals surface area contributed by atoms with Crippen molar-refractivity contribution in [1.82, 2.24) is 0 Å². The average molecular weight is 444 g/mol. The molecule has 0 saturated carbocycles. The molecule has 0 spiro atoms. The SMILES string of the molecule is CC(=O)Cc1cc(F)ccc1OC[C@]1(O)CCN(c2c(F)cc(Cl)cc2F)C[C@H]1O. The van der Waals surface area contributed by atoms with E-state index in [9.17, 15) is 28.2 Å².